The molecule has 0 amide bonds. The number of rotatable bonds is 3. The molecule has 0 saturated carbocycles. The van der Waals surface area contributed by atoms with Crippen LogP contribution in [-0.4, -0.2) is 55.5 Å². The fraction of sp³-hybridized carbons (Fsp3) is 0.632. The summed E-state index contributed by atoms with van der Waals surface area (Å²) >= 11 is 0. The van der Waals surface area contributed by atoms with E-state index in [1.54, 1.807) is 0 Å². The Morgan fingerprint density at radius 2 is 2.00 bits per heavy atom. The SMILES string of the molecule is CN=C(NCCN1CCc2ccccc2C1)N1CCC(C)(C)C1. The molecule has 4 heteroatoms. The molecule has 0 aliphatic carbocycles. The van der Waals surface area contributed by atoms with Crippen molar-refractivity contribution in [3.63, 3.8) is 0 Å². The highest BCUT2D eigenvalue weighted by Gasteiger charge is 2.30. The second-order valence-electron chi connectivity index (χ2n) is 7.60. The lowest BCUT2D eigenvalue weighted by Crippen LogP contribution is -2.44. The number of likely N-dealkylation sites (tertiary alicyclic amines) is 1. The lowest BCUT2D eigenvalue weighted by molar-refractivity contribution is 0.257. The molecule has 4 nitrogen and oxygen atoms in total. The summed E-state index contributed by atoms with van der Waals surface area (Å²) in [6.07, 6.45) is 2.42. The van der Waals surface area contributed by atoms with Crippen LogP contribution in [0.5, 0.6) is 0 Å². The number of nitrogens with one attached hydrogen (secondary N) is 1. The van der Waals surface area contributed by atoms with E-state index >= 15 is 0 Å². The summed E-state index contributed by atoms with van der Waals surface area (Å²) in [7, 11) is 1.89. The van der Waals surface area contributed by atoms with Crippen LogP contribution in [-0.2, 0) is 13.0 Å². The highest BCUT2D eigenvalue weighted by Crippen LogP contribution is 2.28. The minimum Gasteiger partial charge on any atom is -0.355 e. The Labute approximate surface area is 140 Å². The topological polar surface area (TPSA) is 30.9 Å². The first kappa shape index (κ1) is 16.3. The maximum atomic E-state index is 4.47. The van der Waals surface area contributed by atoms with Gasteiger partial charge in [0, 0.05) is 46.3 Å². The van der Waals surface area contributed by atoms with Gasteiger partial charge in [0.1, 0.15) is 0 Å². The average Bonchev–Trinajstić information content (AvgIpc) is 2.91. The van der Waals surface area contributed by atoms with Crippen molar-refractivity contribution in [2.24, 2.45) is 10.4 Å². The first-order valence-electron chi connectivity index (χ1n) is 8.82. The Kier molecular flexibility index (Phi) is 4.90. The molecule has 1 N–H and O–H groups in total. The zero-order valence-corrected chi connectivity index (χ0v) is 14.8. The lowest BCUT2D eigenvalue weighted by Gasteiger charge is -2.29. The van der Waals surface area contributed by atoms with Gasteiger partial charge in [0.25, 0.3) is 0 Å². The van der Waals surface area contributed by atoms with Gasteiger partial charge in [0.2, 0.25) is 0 Å². The second-order valence-corrected chi connectivity index (χ2v) is 7.60. The molecule has 0 unspecified atom stereocenters. The van der Waals surface area contributed by atoms with Gasteiger partial charge in [-0.2, -0.15) is 0 Å². The molecule has 23 heavy (non-hydrogen) atoms. The molecule has 2 aliphatic heterocycles. The predicted molar refractivity (Wildman–Crippen MR) is 96.8 cm³/mol. The van der Waals surface area contributed by atoms with E-state index in [0.717, 1.165) is 45.2 Å². The number of fused-ring (bicyclic) bond motifs is 1. The zero-order chi connectivity index (χ0) is 16.3. The summed E-state index contributed by atoms with van der Waals surface area (Å²) < 4.78 is 0. The Hall–Kier alpha value is -1.55. The Balaban J connectivity index is 1.46. The van der Waals surface area contributed by atoms with Crippen LogP contribution in [0, 0.1) is 5.41 Å². The first-order valence-corrected chi connectivity index (χ1v) is 8.82. The van der Waals surface area contributed by atoms with Gasteiger partial charge in [-0.1, -0.05) is 38.1 Å². The largest absolute Gasteiger partial charge is 0.355 e. The maximum Gasteiger partial charge on any atom is 0.193 e. The third-order valence-corrected chi connectivity index (χ3v) is 5.11. The fourth-order valence-corrected chi connectivity index (χ4v) is 3.70. The van der Waals surface area contributed by atoms with Crippen LogP contribution in [0.4, 0.5) is 0 Å². The molecule has 126 valence electrons. The number of benzene rings is 1. The molecular formula is C19H30N4. The minimum atomic E-state index is 0.411. The van der Waals surface area contributed by atoms with Crippen molar-refractivity contribution in [1.82, 2.24) is 15.1 Å². The van der Waals surface area contributed by atoms with Crippen LogP contribution in [0.3, 0.4) is 0 Å². The summed E-state index contributed by atoms with van der Waals surface area (Å²) in [6.45, 7) is 11.2. The summed E-state index contributed by atoms with van der Waals surface area (Å²) in [5, 5.41) is 3.55. The Morgan fingerprint density at radius 3 is 2.70 bits per heavy atom. The standard InChI is InChI=1S/C19H30N4/c1-19(2)9-12-23(15-19)18(20-3)21-10-13-22-11-8-16-6-4-5-7-17(16)14-22/h4-7H,8-15H2,1-3H3,(H,20,21). The molecule has 1 fully saturated rings. The molecule has 2 aliphatic rings. The van der Waals surface area contributed by atoms with Crippen molar-refractivity contribution in [1.29, 1.82) is 0 Å². The van der Waals surface area contributed by atoms with Gasteiger partial charge in [0.05, 0.1) is 0 Å². The molecule has 0 aromatic heterocycles. The molecule has 0 spiro atoms. The van der Waals surface area contributed by atoms with E-state index in [1.165, 1.54) is 24.0 Å². The van der Waals surface area contributed by atoms with E-state index in [-0.39, 0.29) is 0 Å². The third kappa shape index (κ3) is 4.05. The van der Waals surface area contributed by atoms with Crippen molar-refractivity contribution in [3.05, 3.63) is 35.4 Å². The van der Waals surface area contributed by atoms with Gasteiger partial charge in [-0.15, -0.1) is 0 Å². The van der Waals surface area contributed by atoms with E-state index in [2.05, 4.69) is 58.2 Å². The summed E-state index contributed by atoms with van der Waals surface area (Å²) in [4.78, 5) is 9.40. The van der Waals surface area contributed by atoms with Crippen LogP contribution in [0.25, 0.3) is 0 Å². The van der Waals surface area contributed by atoms with Crippen LogP contribution in [0.15, 0.2) is 29.3 Å². The molecule has 1 aromatic rings. The second kappa shape index (κ2) is 6.91. The van der Waals surface area contributed by atoms with Crippen molar-refractivity contribution >= 4 is 5.96 Å². The minimum absolute atomic E-state index is 0.411. The van der Waals surface area contributed by atoms with Crippen molar-refractivity contribution in [3.8, 4) is 0 Å². The van der Waals surface area contributed by atoms with Crippen LogP contribution in [0.2, 0.25) is 0 Å². The molecule has 0 bridgehead atoms. The van der Waals surface area contributed by atoms with Crippen molar-refractivity contribution < 1.29 is 0 Å². The molecule has 0 radical (unpaired) electrons. The fourth-order valence-electron chi connectivity index (χ4n) is 3.70. The van der Waals surface area contributed by atoms with Gasteiger partial charge in [-0.3, -0.25) is 9.89 Å². The maximum absolute atomic E-state index is 4.47. The van der Waals surface area contributed by atoms with Gasteiger partial charge >= 0.3 is 0 Å². The van der Waals surface area contributed by atoms with Crippen LogP contribution in [0.1, 0.15) is 31.4 Å². The van der Waals surface area contributed by atoms with Gasteiger partial charge in [-0.05, 0) is 29.4 Å². The van der Waals surface area contributed by atoms with E-state index < -0.39 is 0 Å². The number of hydrogen-bond donors (Lipinski definition) is 1. The molecular weight excluding hydrogens is 284 g/mol. The molecule has 0 atom stereocenters. The van der Waals surface area contributed by atoms with Crippen LogP contribution < -0.4 is 5.32 Å². The van der Waals surface area contributed by atoms with E-state index in [4.69, 9.17) is 0 Å². The van der Waals surface area contributed by atoms with Gasteiger partial charge in [-0.25, -0.2) is 0 Å². The smallest absolute Gasteiger partial charge is 0.193 e. The molecule has 2 heterocycles. The van der Waals surface area contributed by atoms with Gasteiger partial charge < -0.3 is 10.2 Å². The monoisotopic (exact) mass is 314 g/mol. The van der Waals surface area contributed by atoms with Gasteiger partial charge in [0.15, 0.2) is 5.96 Å². The first-order chi connectivity index (χ1) is 11.1. The quantitative estimate of drug-likeness (QED) is 0.686. The normalized spacial score (nSPS) is 21.3. The number of hydrogen-bond acceptors (Lipinski definition) is 2. The average molecular weight is 314 g/mol. The Morgan fingerprint density at radius 1 is 1.22 bits per heavy atom. The summed E-state index contributed by atoms with van der Waals surface area (Å²) in [5.41, 5.74) is 3.42. The van der Waals surface area contributed by atoms with Crippen LogP contribution >= 0.6 is 0 Å². The Bertz CT molecular complexity index is 564. The summed E-state index contributed by atoms with van der Waals surface area (Å²) in [5.74, 6) is 1.06. The van der Waals surface area contributed by atoms with Crippen molar-refractivity contribution in [2.45, 2.75) is 33.2 Å². The summed E-state index contributed by atoms with van der Waals surface area (Å²) in [6, 6.07) is 8.83. The van der Waals surface area contributed by atoms with Crippen molar-refractivity contribution in [2.75, 3.05) is 39.8 Å². The highest BCUT2D eigenvalue weighted by atomic mass is 15.3. The predicted octanol–water partition coefficient (Wildman–Crippen LogP) is 2.35. The molecule has 1 saturated heterocycles. The number of guanidine groups is 1. The molecule has 1 aromatic carbocycles. The third-order valence-electron chi connectivity index (χ3n) is 5.11. The zero-order valence-electron chi connectivity index (χ0n) is 14.8. The molecule has 3 rings (SSSR count). The number of nitrogens with zero attached hydrogens (tertiary/aromatic N) is 3. The highest BCUT2D eigenvalue weighted by molar-refractivity contribution is 5.80. The van der Waals surface area contributed by atoms with E-state index in [9.17, 15) is 0 Å². The van der Waals surface area contributed by atoms with E-state index in [0.29, 0.717) is 5.41 Å². The van der Waals surface area contributed by atoms with E-state index in [1.807, 2.05) is 7.05 Å². The lowest BCUT2D eigenvalue weighted by atomic mass is 9.93. The number of aliphatic imine (C=N–C) groups is 1.